The average molecular weight is 237 g/mol. The topological polar surface area (TPSA) is 41.5 Å². The van der Waals surface area contributed by atoms with Gasteiger partial charge in [0.2, 0.25) is 0 Å². The van der Waals surface area contributed by atoms with Gasteiger partial charge in [0.05, 0.1) is 12.7 Å². The quantitative estimate of drug-likeness (QED) is 0.765. The SMILES string of the molecule is CC(O)CCOc1ccc(CNC(C)C)cc1. The zero-order valence-electron chi connectivity index (χ0n) is 10.9. The summed E-state index contributed by atoms with van der Waals surface area (Å²) in [5, 5.41) is 12.5. The Morgan fingerprint density at radius 3 is 2.35 bits per heavy atom. The Balaban J connectivity index is 2.34. The van der Waals surface area contributed by atoms with Crippen LogP contribution in [0.5, 0.6) is 5.75 Å². The highest BCUT2D eigenvalue weighted by atomic mass is 16.5. The average Bonchev–Trinajstić information content (AvgIpc) is 2.27. The van der Waals surface area contributed by atoms with E-state index in [-0.39, 0.29) is 6.10 Å². The van der Waals surface area contributed by atoms with Crippen molar-refractivity contribution in [3.8, 4) is 5.75 Å². The molecule has 0 aliphatic rings. The number of nitrogens with one attached hydrogen (secondary N) is 1. The van der Waals surface area contributed by atoms with Crippen LogP contribution in [0.2, 0.25) is 0 Å². The molecule has 0 radical (unpaired) electrons. The van der Waals surface area contributed by atoms with Crippen LogP contribution in [0.4, 0.5) is 0 Å². The zero-order valence-corrected chi connectivity index (χ0v) is 10.9. The van der Waals surface area contributed by atoms with Gasteiger partial charge in [-0.15, -0.1) is 0 Å². The molecular weight excluding hydrogens is 214 g/mol. The highest BCUT2D eigenvalue weighted by Crippen LogP contribution is 2.12. The van der Waals surface area contributed by atoms with Gasteiger partial charge in [0.25, 0.3) is 0 Å². The van der Waals surface area contributed by atoms with E-state index in [0.717, 1.165) is 12.3 Å². The van der Waals surface area contributed by atoms with Crippen LogP contribution in [0.3, 0.4) is 0 Å². The lowest BCUT2D eigenvalue weighted by Crippen LogP contribution is -2.21. The van der Waals surface area contributed by atoms with E-state index in [2.05, 4.69) is 31.3 Å². The van der Waals surface area contributed by atoms with Gasteiger partial charge in [-0.2, -0.15) is 0 Å². The molecule has 0 aliphatic carbocycles. The van der Waals surface area contributed by atoms with Crippen molar-refractivity contribution in [3.63, 3.8) is 0 Å². The third-order valence-corrected chi connectivity index (χ3v) is 2.44. The van der Waals surface area contributed by atoms with E-state index < -0.39 is 0 Å². The molecule has 3 heteroatoms. The first kappa shape index (κ1) is 14.0. The summed E-state index contributed by atoms with van der Waals surface area (Å²) in [6.45, 7) is 7.47. The second kappa shape index (κ2) is 7.30. The summed E-state index contributed by atoms with van der Waals surface area (Å²) in [5.41, 5.74) is 1.25. The fraction of sp³-hybridized carbons (Fsp3) is 0.571. The van der Waals surface area contributed by atoms with E-state index in [1.165, 1.54) is 5.56 Å². The third kappa shape index (κ3) is 6.29. The Morgan fingerprint density at radius 2 is 1.82 bits per heavy atom. The van der Waals surface area contributed by atoms with E-state index in [0.29, 0.717) is 19.1 Å². The van der Waals surface area contributed by atoms with Gasteiger partial charge in [-0.25, -0.2) is 0 Å². The summed E-state index contributed by atoms with van der Waals surface area (Å²) >= 11 is 0. The minimum absolute atomic E-state index is 0.301. The lowest BCUT2D eigenvalue weighted by atomic mass is 10.2. The standard InChI is InChI=1S/C14H23NO2/c1-11(2)15-10-13-4-6-14(7-5-13)17-9-8-12(3)16/h4-7,11-12,15-16H,8-10H2,1-3H3. The zero-order chi connectivity index (χ0) is 12.7. The molecule has 0 heterocycles. The van der Waals surface area contributed by atoms with Gasteiger partial charge in [-0.3, -0.25) is 0 Å². The summed E-state index contributed by atoms with van der Waals surface area (Å²) in [6, 6.07) is 8.57. The maximum Gasteiger partial charge on any atom is 0.119 e. The Morgan fingerprint density at radius 1 is 1.18 bits per heavy atom. The molecule has 0 fully saturated rings. The smallest absolute Gasteiger partial charge is 0.119 e. The molecule has 1 atom stereocenters. The number of ether oxygens (including phenoxy) is 1. The molecule has 17 heavy (non-hydrogen) atoms. The van der Waals surface area contributed by atoms with Crippen molar-refractivity contribution in [2.45, 2.75) is 45.9 Å². The number of rotatable bonds is 7. The van der Waals surface area contributed by atoms with Crippen LogP contribution < -0.4 is 10.1 Å². The molecule has 1 rings (SSSR count). The molecule has 0 saturated carbocycles. The highest BCUT2D eigenvalue weighted by Gasteiger charge is 1.99. The predicted molar refractivity (Wildman–Crippen MR) is 70.2 cm³/mol. The number of aliphatic hydroxyl groups is 1. The fourth-order valence-electron chi connectivity index (χ4n) is 1.37. The highest BCUT2D eigenvalue weighted by molar-refractivity contribution is 5.27. The summed E-state index contributed by atoms with van der Waals surface area (Å²) < 4.78 is 5.52. The second-order valence-electron chi connectivity index (χ2n) is 4.67. The van der Waals surface area contributed by atoms with Gasteiger partial charge in [0.15, 0.2) is 0 Å². The molecule has 0 saturated heterocycles. The largest absolute Gasteiger partial charge is 0.493 e. The molecular formula is C14H23NO2. The number of hydrogen-bond acceptors (Lipinski definition) is 3. The van der Waals surface area contributed by atoms with E-state index >= 15 is 0 Å². The fourth-order valence-corrected chi connectivity index (χ4v) is 1.37. The normalized spacial score (nSPS) is 12.8. The number of hydrogen-bond donors (Lipinski definition) is 2. The van der Waals surface area contributed by atoms with Gasteiger partial charge in [-0.1, -0.05) is 26.0 Å². The summed E-state index contributed by atoms with van der Waals surface area (Å²) in [5.74, 6) is 0.860. The van der Waals surface area contributed by atoms with Crippen LogP contribution in [0.15, 0.2) is 24.3 Å². The molecule has 0 spiro atoms. The molecule has 1 unspecified atom stereocenters. The number of benzene rings is 1. The van der Waals surface area contributed by atoms with E-state index in [1.807, 2.05) is 12.1 Å². The minimum Gasteiger partial charge on any atom is -0.493 e. The first-order valence-electron chi connectivity index (χ1n) is 6.21. The van der Waals surface area contributed by atoms with E-state index in [1.54, 1.807) is 6.92 Å². The lowest BCUT2D eigenvalue weighted by molar-refractivity contribution is 0.155. The molecule has 0 bridgehead atoms. The third-order valence-electron chi connectivity index (χ3n) is 2.44. The maximum absolute atomic E-state index is 9.11. The summed E-state index contributed by atoms with van der Waals surface area (Å²) in [6.07, 6.45) is 0.362. The summed E-state index contributed by atoms with van der Waals surface area (Å²) in [7, 11) is 0. The second-order valence-corrected chi connectivity index (χ2v) is 4.67. The van der Waals surface area contributed by atoms with Crippen molar-refractivity contribution in [2.24, 2.45) is 0 Å². The first-order valence-corrected chi connectivity index (χ1v) is 6.21. The monoisotopic (exact) mass is 237 g/mol. The Kier molecular flexibility index (Phi) is 6.01. The van der Waals surface area contributed by atoms with Crippen molar-refractivity contribution < 1.29 is 9.84 Å². The van der Waals surface area contributed by atoms with Crippen LogP contribution >= 0.6 is 0 Å². The Labute approximate surface area is 104 Å². The molecule has 3 nitrogen and oxygen atoms in total. The van der Waals surface area contributed by atoms with Crippen molar-refractivity contribution in [3.05, 3.63) is 29.8 Å². The maximum atomic E-state index is 9.11. The van der Waals surface area contributed by atoms with Gasteiger partial charge < -0.3 is 15.2 Å². The van der Waals surface area contributed by atoms with Crippen molar-refractivity contribution in [1.82, 2.24) is 5.32 Å². The van der Waals surface area contributed by atoms with Crippen LogP contribution in [0.25, 0.3) is 0 Å². The van der Waals surface area contributed by atoms with Crippen molar-refractivity contribution in [1.29, 1.82) is 0 Å². The molecule has 0 amide bonds. The first-order chi connectivity index (χ1) is 8.08. The minimum atomic E-state index is -0.301. The van der Waals surface area contributed by atoms with Crippen LogP contribution in [0.1, 0.15) is 32.8 Å². The van der Waals surface area contributed by atoms with Gasteiger partial charge in [-0.05, 0) is 24.6 Å². The van der Waals surface area contributed by atoms with Gasteiger partial charge >= 0.3 is 0 Å². The van der Waals surface area contributed by atoms with Crippen molar-refractivity contribution in [2.75, 3.05) is 6.61 Å². The van der Waals surface area contributed by atoms with E-state index in [9.17, 15) is 0 Å². The van der Waals surface area contributed by atoms with Crippen LogP contribution in [-0.4, -0.2) is 23.9 Å². The molecule has 1 aromatic rings. The van der Waals surface area contributed by atoms with Crippen molar-refractivity contribution >= 4 is 0 Å². The van der Waals surface area contributed by atoms with Gasteiger partial charge in [0, 0.05) is 19.0 Å². The van der Waals surface area contributed by atoms with Gasteiger partial charge in [0.1, 0.15) is 5.75 Å². The molecule has 0 aliphatic heterocycles. The number of aliphatic hydroxyl groups excluding tert-OH is 1. The van der Waals surface area contributed by atoms with Crippen LogP contribution in [-0.2, 0) is 6.54 Å². The predicted octanol–water partition coefficient (Wildman–Crippen LogP) is 2.33. The molecule has 1 aromatic carbocycles. The van der Waals surface area contributed by atoms with Crippen LogP contribution in [0, 0.1) is 0 Å². The summed E-state index contributed by atoms with van der Waals surface area (Å²) in [4.78, 5) is 0. The Bertz CT molecular complexity index is 307. The molecule has 0 aromatic heterocycles. The Hall–Kier alpha value is -1.06. The van der Waals surface area contributed by atoms with E-state index in [4.69, 9.17) is 9.84 Å². The molecule has 2 N–H and O–H groups in total. The molecule has 96 valence electrons. The lowest BCUT2D eigenvalue weighted by Gasteiger charge is -2.10.